The Hall–Kier alpha value is -4.93. The first kappa shape index (κ1) is 47.6. The van der Waals surface area contributed by atoms with Crippen molar-refractivity contribution in [3.63, 3.8) is 0 Å². The number of thiazole rings is 2. The molecule has 0 spiro atoms. The predicted molar refractivity (Wildman–Crippen MR) is 263 cm³/mol. The number of likely N-dealkylation sites (tertiary alicyclic amines) is 1. The average molecular weight is 954 g/mol. The van der Waals surface area contributed by atoms with Gasteiger partial charge in [-0.2, -0.15) is 4.98 Å². The van der Waals surface area contributed by atoms with Crippen LogP contribution in [0.2, 0.25) is 0 Å². The molecule has 0 radical (unpaired) electrons. The number of benzene rings is 2. The summed E-state index contributed by atoms with van der Waals surface area (Å²) in [6.07, 6.45) is 10.9. The summed E-state index contributed by atoms with van der Waals surface area (Å²) in [5.41, 5.74) is 11.5. The van der Waals surface area contributed by atoms with Crippen molar-refractivity contribution in [3.8, 4) is 27.8 Å². The van der Waals surface area contributed by atoms with E-state index in [1.54, 1.807) is 23.2 Å². The number of ketones is 1. The average Bonchev–Trinajstić information content (AvgIpc) is 3.88. The van der Waals surface area contributed by atoms with Crippen LogP contribution >= 0.6 is 22.7 Å². The van der Waals surface area contributed by atoms with Crippen LogP contribution in [0.25, 0.3) is 32.9 Å². The highest BCUT2D eigenvalue weighted by atomic mass is 32.2. The second-order valence-corrected chi connectivity index (χ2v) is 23.5. The number of fused-ring (bicyclic) bond motifs is 1. The van der Waals surface area contributed by atoms with Gasteiger partial charge >= 0.3 is 0 Å². The van der Waals surface area contributed by atoms with Crippen LogP contribution in [0.3, 0.4) is 0 Å². The molecule has 66 heavy (non-hydrogen) atoms. The van der Waals surface area contributed by atoms with Gasteiger partial charge in [-0.15, -0.1) is 22.7 Å². The van der Waals surface area contributed by atoms with E-state index in [9.17, 15) is 22.8 Å². The molecule has 1 saturated heterocycles. The lowest BCUT2D eigenvalue weighted by molar-refractivity contribution is -0.138. The Morgan fingerprint density at radius 1 is 0.955 bits per heavy atom. The van der Waals surface area contributed by atoms with E-state index in [1.165, 1.54) is 11.3 Å². The van der Waals surface area contributed by atoms with Gasteiger partial charge in [-0.25, -0.2) is 18.4 Å². The van der Waals surface area contributed by atoms with Gasteiger partial charge in [-0.05, 0) is 89.7 Å². The lowest BCUT2D eigenvalue weighted by atomic mass is 10.0. The number of imidazole rings is 1. The van der Waals surface area contributed by atoms with Crippen molar-refractivity contribution in [2.75, 3.05) is 17.6 Å². The number of anilines is 1. The smallest absolute Gasteiger partial charge is 0.297 e. The van der Waals surface area contributed by atoms with Gasteiger partial charge in [0.25, 0.3) is 6.01 Å². The molecule has 16 heteroatoms. The van der Waals surface area contributed by atoms with E-state index in [0.29, 0.717) is 36.3 Å². The van der Waals surface area contributed by atoms with Crippen molar-refractivity contribution in [2.45, 2.75) is 140 Å². The van der Waals surface area contributed by atoms with Gasteiger partial charge < -0.3 is 20.7 Å². The third kappa shape index (κ3) is 10.8. The third-order valence-electron chi connectivity index (χ3n) is 13.4. The summed E-state index contributed by atoms with van der Waals surface area (Å²) >= 11 is 3.03. The Labute approximate surface area is 396 Å². The zero-order valence-corrected chi connectivity index (χ0v) is 41.1. The maximum Gasteiger partial charge on any atom is 0.297 e. The zero-order valence-electron chi connectivity index (χ0n) is 38.6. The minimum atomic E-state index is -3.12. The first-order chi connectivity index (χ1) is 31.6. The Morgan fingerprint density at radius 3 is 2.45 bits per heavy atom. The lowest BCUT2D eigenvalue weighted by Crippen LogP contribution is -2.49. The van der Waals surface area contributed by atoms with Gasteiger partial charge in [0.1, 0.15) is 34.5 Å². The van der Waals surface area contributed by atoms with Gasteiger partial charge in [0, 0.05) is 46.7 Å². The van der Waals surface area contributed by atoms with Crippen LogP contribution in [0, 0.1) is 11.8 Å². The van der Waals surface area contributed by atoms with Crippen molar-refractivity contribution >= 4 is 66.3 Å². The highest BCUT2D eigenvalue weighted by molar-refractivity contribution is 7.93. The van der Waals surface area contributed by atoms with Gasteiger partial charge in [0.2, 0.25) is 11.8 Å². The Bertz CT molecular complexity index is 2670. The standard InChI is InChI=1S/C50H63N7O6S3/c1-31(2)39-29-64-46(52-39)36-19-14-21-41-44(36)55-49(57(41)32(3)4)63-35-27-42(45(51)59)56(28-35)47(60)38(53-48-54-40(30-65-48)33-16-11-9-12-17-33)20-13-8-6-7-10-18-34-26-37(34)43(58)22-15-25-66(61,62)50(5)23-24-50/h9-12,14,16-19,21,29-32,34-35,37-38,42H,6-8,13,15,20,22-28H2,1-5H3,(H2,51,59)(H,53,54). The monoisotopic (exact) mass is 953 g/mol. The number of primary amides is 1. The summed E-state index contributed by atoms with van der Waals surface area (Å²) in [6.45, 7) is 10.4. The minimum Gasteiger partial charge on any atom is -0.459 e. The van der Waals surface area contributed by atoms with Crippen LogP contribution in [0.15, 0.2) is 71.4 Å². The lowest BCUT2D eigenvalue weighted by Gasteiger charge is -2.27. The van der Waals surface area contributed by atoms with Crippen molar-refractivity contribution < 1.29 is 27.5 Å². The van der Waals surface area contributed by atoms with Gasteiger partial charge in [-0.3, -0.25) is 19.0 Å². The number of sulfone groups is 1. The van der Waals surface area contributed by atoms with E-state index in [4.69, 9.17) is 25.4 Å². The molecule has 3 N–H and O–H groups in total. The van der Waals surface area contributed by atoms with Crippen molar-refractivity contribution in [3.05, 3.63) is 77.1 Å². The maximum absolute atomic E-state index is 14.7. The third-order valence-corrected chi connectivity index (χ3v) is 17.8. The molecule has 5 aromatic rings. The van der Waals surface area contributed by atoms with E-state index in [2.05, 4.69) is 55.1 Å². The number of para-hydroxylation sites is 1. The molecule has 3 aromatic heterocycles. The number of aromatic nitrogens is 4. The molecular weight excluding hydrogens is 891 g/mol. The van der Waals surface area contributed by atoms with Crippen LogP contribution in [-0.4, -0.2) is 85.7 Å². The quantitative estimate of drug-likeness (QED) is 0.0473. The molecule has 8 rings (SSSR count). The SMILES string of the molecule is CC(C)c1csc(-c2cccc3c2nc(OC2CC(C(N)=O)N(C(=O)C(CCCCCC=CC4CC4C(=O)CCCS(=O)(=O)C4(C)CC4)Nc4nc(-c5ccccc5)cs4)C2)n3C(C)C)n1. The fraction of sp³-hybridized carbons (Fsp3) is 0.520. The molecular formula is C50H63N7O6S3. The molecule has 2 aromatic carbocycles. The van der Waals surface area contributed by atoms with E-state index in [-0.39, 0.29) is 48.3 Å². The number of ether oxygens (including phenoxy) is 1. The number of hydrogen-bond donors (Lipinski definition) is 2. The minimum absolute atomic E-state index is 0.00282. The summed E-state index contributed by atoms with van der Waals surface area (Å²) in [5.74, 6) is -0.00131. The summed E-state index contributed by atoms with van der Waals surface area (Å²) in [6, 6.07) is 14.9. The molecule has 2 amide bonds. The number of nitrogens with two attached hydrogens (primary N) is 1. The van der Waals surface area contributed by atoms with E-state index < -0.39 is 38.7 Å². The number of allylic oxidation sites excluding steroid dienone is 2. The van der Waals surface area contributed by atoms with Crippen molar-refractivity contribution in [1.29, 1.82) is 0 Å². The van der Waals surface area contributed by atoms with Crippen molar-refractivity contribution in [2.24, 2.45) is 17.6 Å². The highest BCUT2D eigenvalue weighted by Crippen LogP contribution is 2.45. The first-order valence-corrected chi connectivity index (χ1v) is 27.0. The maximum atomic E-state index is 14.7. The molecule has 5 unspecified atom stereocenters. The van der Waals surface area contributed by atoms with Crippen LogP contribution in [-0.2, 0) is 24.2 Å². The van der Waals surface area contributed by atoms with Gasteiger partial charge in [0.15, 0.2) is 15.0 Å². The number of carbonyl (C=O) groups excluding carboxylic acids is 3. The topological polar surface area (TPSA) is 179 Å². The molecule has 13 nitrogen and oxygen atoms in total. The number of nitrogens with zero attached hydrogens (tertiary/aromatic N) is 5. The molecule has 1 aliphatic heterocycles. The number of unbranched alkanes of at least 4 members (excludes halogenated alkanes) is 3. The fourth-order valence-electron chi connectivity index (χ4n) is 8.97. The van der Waals surface area contributed by atoms with E-state index >= 15 is 0 Å². The Morgan fingerprint density at radius 2 is 1.74 bits per heavy atom. The number of amides is 2. The number of carbonyl (C=O) groups is 3. The Balaban J connectivity index is 0.907. The largest absolute Gasteiger partial charge is 0.459 e. The number of rotatable bonds is 23. The molecule has 352 valence electrons. The second kappa shape index (κ2) is 20.1. The van der Waals surface area contributed by atoms with Crippen LogP contribution in [0.1, 0.15) is 123 Å². The molecule has 5 atom stereocenters. The van der Waals surface area contributed by atoms with Crippen LogP contribution in [0.5, 0.6) is 6.01 Å². The normalized spacial score (nSPS) is 20.7. The summed E-state index contributed by atoms with van der Waals surface area (Å²) in [5, 5.41) is 9.01. The van der Waals surface area contributed by atoms with Crippen LogP contribution < -0.4 is 15.8 Å². The van der Waals surface area contributed by atoms with Crippen molar-refractivity contribution in [1.82, 2.24) is 24.4 Å². The van der Waals surface area contributed by atoms with Gasteiger partial charge in [0.05, 0.1) is 33.9 Å². The second-order valence-electron chi connectivity index (χ2n) is 19.2. The summed E-state index contributed by atoms with van der Waals surface area (Å²) in [4.78, 5) is 56.9. The molecule has 3 fully saturated rings. The molecule has 2 saturated carbocycles. The number of hydrogen-bond acceptors (Lipinski definition) is 12. The number of nitrogens with one attached hydrogen (secondary N) is 1. The van der Waals surface area contributed by atoms with E-state index in [0.717, 1.165) is 83.5 Å². The van der Waals surface area contributed by atoms with Gasteiger partial charge in [-0.1, -0.05) is 75.2 Å². The fourth-order valence-corrected chi connectivity index (χ4v) is 12.5. The first-order valence-electron chi connectivity index (χ1n) is 23.5. The van der Waals surface area contributed by atoms with Crippen LogP contribution in [0.4, 0.5) is 5.13 Å². The summed E-state index contributed by atoms with van der Waals surface area (Å²) < 4.78 is 33.2. The zero-order chi connectivity index (χ0) is 46.8. The molecule has 2 aliphatic carbocycles. The predicted octanol–water partition coefficient (Wildman–Crippen LogP) is 9.76. The Kier molecular flexibility index (Phi) is 14.5. The molecule has 0 bridgehead atoms. The molecule has 4 heterocycles. The summed E-state index contributed by atoms with van der Waals surface area (Å²) in [7, 11) is -3.12. The number of Topliss-reactive ketones (excluding diaryl/α,β-unsaturated/α-hetero) is 1. The van der Waals surface area contributed by atoms with E-state index in [1.807, 2.05) is 53.9 Å². The highest BCUT2D eigenvalue weighted by Gasteiger charge is 2.49. The molecule has 3 aliphatic rings.